The van der Waals surface area contributed by atoms with E-state index in [4.69, 9.17) is 5.11 Å². The van der Waals surface area contributed by atoms with Gasteiger partial charge in [0, 0.05) is 17.0 Å². The molecule has 94 valence electrons. The maximum Gasteiger partial charge on any atom is 0.355 e. The number of aromatic nitrogens is 1. The van der Waals surface area contributed by atoms with Crippen molar-refractivity contribution in [2.75, 3.05) is 5.32 Å². The summed E-state index contributed by atoms with van der Waals surface area (Å²) >= 11 is 1.24. The van der Waals surface area contributed by atoms with Crippen LogP contribution in [0, 0.1) is 12.7 Å². The number of rotatable bonds is 4. The predicted octanol–water partition coefficient (Wildman–Crippen LogP) is 2.90. The molecule has 0 amide bonds. The monoisotopic (exact) mass is 266 g/mol. The number of anilines is 1. The largest absolute Gasteiger partial charge is 0.476 e. The number of thiazole rings is 1. The van der Waals surface area contributed by atoms with Crippen LogP contribution in [0.4, 0.5) is 9.52 Å². The molecule has 1 aromatic heterocycles. The van der Waals surface area contributed by atoms with Gasteiger partial charge in [-0.25, -0.2) is 14.2 Å². The van der Waals surface area contributed by atoms with E-state index >= 15 is 0 Å². The first-order valence-corrected chi connectivity index (χ1v) is 6.07. The van der Waals surface area contributed by atoms with Gasteiger partial charge in [-0.2, -0.15) is 0 Å². The SMILES string of the molecule is Cc1sc(NCc2ccccc2F)nc1C(=O)O. The van der Waals surface area contributed by atoms with E-state index in [-0.39, 0.29) is 18.1 Å². The van der Waals surface area contributed by atoms with Crippen molar-refractivity contribution in [1.82, 2.24) is 4.98 Å². The van der Waals surface area contributed by atoms with Crippen LogP contribution >= 0.6 is 11.3 Å². The zero-order valence-corrected chi connectivity index (χ0v) is 10.4. The van der Waals surface area contributed by atoms with Crippen LogP contribution in [0.1, 0.15) is 20.9 Å². The molecule has 0 fully saturated rings. The molecular formula is C12H11FN2O2S. The Morgan fingerprint density at radius 2 is 2.22 bits per heavy atom. The number of carbonyl (C=O) groups is 1. The number of benzene rings is 1. The molecule has 0 saturated carbocycles. The van der Waals surface area contributed by atoms with Gasteiger partial charge in [-0.15, -0.1) is 11.3 Å². The third-order valence-corrected chi connectivity index (χ3v) is 3.32. The summed E-state index contributed by atoms with van der Waals surface area (Å²) < 4.78 is 13.4. The van der Waals surface area contributed by atoms with Gasteiger partial charge in [-0.3, -0.25) is 0 Å². The van der Waals surface area contributed by atoms with Crippen molar-refractivity contribution in [2.24, 2.45) is 0 Å². The molecule has 18 heavy (non-hydrogen) atoms. The topological polar surface area (TPSA) is 62.2 Å². The summed E-state index contributed by atoms with van der Waals surface area (Å²) in [7, 11) is 0. The zero-order valence-electron chi connectivity index (χ0n) is 9.61. The Bertz CT molecular complexity index is 583. The second kappa shape index (κ2) is 5.14. The molecule has 0 aliphatic rings. The Balaban J connectivity index is 2.09. The number of carboxylic acid groups (broad SMARTS) is 1. The average Bonchev–Trinajstić information content (AvgIpc) is 2.70. The molecule has 6 heteroatoms. The highest BCUT2D eigenvalue weighted by Gasteiger charge is 2.13. The highest BCUT2D eigenvalue weighted by atomic mass is 32.1. The second-order valence-electron chi connectivity index (χ2n) is 3.67. The van der Waals surface area contributed by atoms with E-state index in [1.807, 2.05) is 0 Å². The summed E-state index contributed by atoms with van der Waals surface area (Å²) in [6, 6.07) is 6.42. The van der Waals surface area contributed by atoms with E-state index in [0.29, 0.717) is 15.6 Å². The number of nitrogens with one attached hydrogen (secondary N) is 1. The Labute approximate surface area is 107 Å². The number of hydrogen-bond donors (Lipinski definition) is 2. The number of aromatic carboxylic acids is 1. The van der Waals surface area contributed by atoms with Crippen molar-refractivity contribution in [1.29, 1.82) is 0 Å². The first-order valence-electron chi connectivity index (χ1n) is 5.26. The van der Waals surface area contributed by atoms with E-state index in [9.17, 15) is 9.18 Å². The van der Waals surface area contributed by atoms with Crippen LogP contribution < -0.4 is 5.32 Å². The van der Waals surface area contributed by atoms with Gasteiger partial charge >= 0.3 is 5.97 Å². The van der Waals surface area contributed by atoms with Crippen LogP contribution in [0.15, 0.2) is 24.3 Å². The van der Waals surface area contributed by atoms with E-state index in [1.54, 1.807) is 25.1 Å². The molecule has 0 atom stereocenters. The minimum atomic E-state index is -1.05. The summed E-state index contributed by atoms with van der Waals surface area (Å²) in [6.45, 7) is 1.97. The first-order chi connectivity index (χ1) is 8.58. The number of halogens is 1. The van der Waals surface area contributed by atoms with E-state index in [0.717, 1.165) is 0 Å². The maximum atomic E-state index is 13.4. The molecule has 2 rings (SSSR count). The summed E-state index contributed by atoms with van der Waals surface area (Å²) in [5.74, 6) is -1.35. The van der Waals surface area contributed by atoms with Crippen molar-refractivity contribution in [3.8, 4) is 0 Å². The number of aryl methyl sites for hydroxylation is 1. The van der Waals surface area contributed by atoms with Gasteiger partial charge in [0.1, 0.15) is 5.82 Å². The van der Waals surface area contributed by atoms with Crippen LogP contribution in [-0.4, -0.2) is 16.1 Å². The third-order valence-electron chi connectivity index (χ3n) is 2.39. The molecule has 0 saturated heterocycles. The van der Waals surface area contributed by atoms with Gasteiger partial charge < -0.3 is 10.4 Å². The summed E-state index contributed by atoms with van der Waals surface area (Å²) in [6.07, 6.45) is 0. The smallest absolute Gasteiger partial charge is 0.355 e. The molecule has 2 N–H and O–H groups in total. The Morgan fingerprint density at radius 3 is 2.83 bits per heavy atom. The maximum absolute atomic E-state index is 13.4. The molecule has 0 unspecified atom stereocenters. The lowest BCUT2D eigenvalue weighted by Crippen LogP contribution is -2.03. The molecule has 0 bridgehead atoms. The number of carboxylic acids is 1. The highest BCUT2D eigenvalue weighted by molar-refractivity contribution is 7.15. The van der Waals surface area contributed by atoms with Gasteiger partial charge in [-0.05, 0) is 13.0 Å². The Hall–Kier alpha value is -1.95. The zero-order chi connectivity index (χ0) is 13.1. The minimum Gasteiger partial charge on any atom is -0.476 e. The van der Waals surface area contributed by atoms with Gasteiger partial charge in [0.15, 0.2) is 10.8 Å². The molecule has 1 aromatic carbocycles. The number of hydrogen-bond acceptors (Lipinski definition) is 4. The Morgan fingerprint density at radius 1 is 1.50 bits per heavy atom. The molecule has 0 radical (unpaired) electrons. The molecule has 0 aliphatic carbocycles. The van der Waals surface area contributed by atoms with Crippen LogP contribution in [-0.2, 0) is 6.54 Å². The lowest BCUT2D eigenvalue weighted by Gasteiger charge is -2.03. The fourth-order valence-corrected chi connectivity index (χ4v) is 2.28. The van der Waals surface area contributed by atoms with Crippen molar-refractivity contribution in [2.45, 2.75) is 13.5 Å². The third kappa shape index (κ3) is 2.65. The van der Waals surface area contributed by atoms with Crippen molar-refractivity contribution in [3.63, 3.8) is 0 Å². The van der Waals surface area contributed by atoms with E-state index < -0.39 is 5.97 Å². The Kier molecular flexibility index (Phi) is 3.57. The minimum absolute atomic E-state index is 0.0380. The average molecular weight is 266 g/mol. The van der Waals surface area contributed by atoms with Crippen LogP contribution in [0.2, 0.25) is 0 Å². The number of nitrogens with zero attached hydrogens (tertiary/aromatic N) is 1. The van der Waals surface area contributed by atoms with Crippen molar-refractivity contribution >= 4 is 22.4 Å². The quantitative estimate of drug-likeness (QED) is 0.893. The summed E-state index contributed by atoms with van der Waals surface area (Å²) in [4.78, 5) is 15.4. The molecule has 1 heterocycles. The predicted molar refractivity (Wildman–Crippen MR) is 67.5 cm³/mol. The molecular weight excluding hydrogens is 255 g/mol. The van der Waals surface area contributed by atoms with Crippen molar-refractivity contribution in [3.05, 3.63) is 46.2 Å². The van der Waals surface area contributed by atoms with E-state index in [2.05, 4.69) is 10.3 Å². The van der Waals surface area contributed by atoms with Gasteiger partial charge in [0.05, 0.1) is 0 Å². The standard InChI is InChI=1S/C12H11FN2O2S/c1-7-10(11(16)17)15-12(18-7)14-6-8-4-2-3-5-9(8)13/h2-5H,6H2,1H3,(H,14,15)(H,16,17). The molecule has 2 aromatic rings. The van der Waals surface area contributed by atoms with Gasteiger partial charge in [0.25, 0.3) is 0 Å². The van der Waals surface area contributed by atoms with Crippen LogP contribution in [0.5, 0.6) is 0 Å². The van der Waals surface area contributed by atoms with Gasteiger partial charge in [-0.1, -0.05) is 18.2 Å². The molecule has 0 spiro atoms. The normalized spacial score (nSPS) is 10.3. The summed E-state index contributed by atoms with van der Waals surface area (Å²) in [5.41, 5.74) is 0.554. The van der Waals surface area contributed by atoms with Crippen LogP contribution in [0.25, 0.3) is 0 Å². The summed E-state index contributed by atoms with van der Waals surface area (Å²) in [5, 5.41) is 12.3. The molecule has 0 aliphatic heterocycles. The fourth-order valence-electron chi connectivity index (χ4n) is 1.48. The fraction of sp³-hybridized carbons (Fsp3) is 0.167. The van der Waals surface area contributed by atoms with Crippen molar-refractivity contribution < 1.29 is 14.3 Å². The highest BCUT2D eigenvalue weighted by Crippen LogP contribution is 2.22. The molecule has 4 nitrogen and oxygen atoms in total. The van der Waals surface area contributed by atoms with Gasteiger partial charge in [0.2, 0.25) is 0 Å². The lowest BCUT2D eigenvalue weighted by atomic mass is 10.2. The second-order valence-corrected chi connectivity index (χ2v) is 4.88. The lowest BCUT2D eigenvalue weighted by molar-refractivity contribution is 0.0690. The van der Waals surface area contributed by atoms with E-state index in [1.165, 1.54) is 17.4 Å². The first kappa shape index (κ1) is 12.5. The van der Waals surface area contributed by atoms with Crippen LogP contribution in [0.3, 0.4) is 0 Å².